The zero-order chi connectivity index (χ0) is 13.1. The van der Waals surface area contributed by atoms with E-state index in [0.717, 1.165) is 13.1 Å². The summed E-state index contributed by atoms with van der Waals surface area (Å²) in [6, 6.07) is 8.60. The number of rotatable bonds is 10. The lowest BCUT2D eigenvalue weighted by atomic mass is 10.1. The van der Waals surface area contributed by atoms with E-state index in [1.165, 1.54) is 43.2 Å². The molecule has 102 valence electrons. The molecule has 0 saturated carbocycles. The Morgan fingerprint density at radius 3 is 2.61 bits per heavy atom. The zero-order valence-corrected chi connectivity index (χ0v) is 11.9. The van der Waals surface area contributed by atoms with Crippen LogP contribution in [0.15, 0.2) is 24.3 Å². The van der Waals surface area contributed by atoms with Gasteiger partial charge in [-0.1, -0.05) is 56.9 Å². The first-order valence-corrected chi connectivity index (χ1v) is 7.14. The molecule has 2 nitrogen and oxygen atoms in total. The molecule has 18 heavy (non-hydrogen) atoms. The second kappa shape index (κ2) is 10.1. The molecular formula is C16H27NO. The van der Waals surface area contributed by atoms with Crippen molar-refractivity contribution < 1.29 is 4.74 Å². The molecule has 0 spiro atoms. The Labute approximate surface area is 112 Å². The lowest BCUT2D eigenvalue weighted by Crippen LogP contribution is -2.14. The lowest BCUT2D eigenvalue weighted by Gasteiger charge is -2.07. The van der Waals surface area contributed by atoms with Gasteiger partial charge in [-0.3, -0.25) is 0 Å². The largest absolute Gasteiger partial charge is 0.380 e. The van der Waals surface area contributed by atoms with Gasteiger partial charge >= 0.3 is 0 Å². The molecule has 0 aliphatic rings. The van der Waals surface area contributed by atoms with Crippen molar-refractivity contribution in [2.75, 3.05) is 13.7 Å². The Kier molecular flexibility index (Phi) is 8.53. The zero-order valence-electron chi connectivity index (χ0n) is 11.9. The van der Waals surface area contributed by atoms with Crippen LogP contribution in [0, 0.1) is 0 Å². The van der Waals surface area contributed by atoms with Crippen LogP contribution in [0.4, 0.5) is 0 Å². The van der Waals surface area contributed by atoms with E-state index in [9.17, 15) is 0 Å². The average molecular weight is 249 g/mol. The summed E-state index contributed by atoms with van der Waals surface area (Å²) in [4.78, 5) is 0. The second-order valence-electron chi connectivity index (χ2n) is 4.84. The van der Waals surface area contributed by atoms with Gasteiger partial charge in [-0.25, -0.2) is 0 Å². The molecule has 1 aromatic rings. The third kappa shape index (κ3) is 6.77. The first-order chi connectivity index (χ1) is 8.86. The van der Waals surface area contributed by atoms with Crippen LogP contribution in [0.2, 0.25) is 0 Å². The van der Waals surface area contributed by atoms with Crippen molar-refractivity contribution in [1.29, 1.82) is 0 Å². The van der Waals surface area contributed by atoms with Crippen LogP contribution in [0.5, 0.6) is 0 Å². The molecule has 0 aromatic heterocycles. The first-order valence-electron chi connectivity index (χ1n) is 7.14. The normalized spacial score (nSPS) is 10.8. The Morgan fingerprint density at radius 1 is 1.06 bits per heavy atom. The number of ether oxygens (including phenoxy) is 1. The summed E-state index contributed by atoms with van der Waals surface area (Å²) in [5.74, 6) is 0. The van der Waals surface area contributed by atoms with Gasteiger partial charge in [0.15, 0.2) is 0 Å². The predicted molar refractivity (Wildman–Crippen MR) is 77.6 cm³/mol. The third-order valence-corrected chi connectivity index (χ3v) is 3.09. The molecule has 0 aliphatic carbocycles. The third-order valence-electron chi connectivity index (χ3n) is 3.09. The molecule has 1 N–H and O–H groups in total. The smallest absolute Gasteiger partial charge is 0.0713 e. The molecule has 0 fully saturated rings. The standard InChI is InChI=1S/C16H27NO/c1-3-4-5-6-7-11-17-13-15-9-8-10-16(12-15)14-18-2/h8-10,12,17H,3-7,11,13-14H2,1-2H3. The van der Waals surface area contributed by atoms with Gasteiger partial charge < -0.3 is 10.1 Å². The second-order valence-corrected chi connectivity index (χ2v) is 4.84. The van der Waals surface area contributed by atoms with E-state index in [2.05, 4.69) is 36.5 Å². The highest BCUT2D eigenvalue weighted by Gasteiger charge is 1.96. The van der Waals surface area contributed by atoms with Crippen LogP contribution >= 0.6 is 0 Å². The minimum Gasteiger partial charge on any atom is -0.380 e. The van der Waals surface area contributed by atoms with Gasteiger partial charge in [-0.05, 0) is 24.1 Å². The minimum atomic E-state index is 0.699. The van der Waals surface area contributed by atoms with Gasteiger partial charge in [0.05, 0.1) is 6.61 Å². The van der Waals surface area contributed by atoms with Crippen LogP contribution in [0.25, 0.3) is 0 Å². The molecule has 0 atom stereocenters. The summed E-state index contributed by atoms with van der Waals surface area (Å²) in [6.45, 7) is 5.04. The number of benzene rings is 1. The minimum absolute atomic E-state index is 0.699. The number of nitrogens with one attached hydrogen (secondary N) is 1. The average Bonchev–Trinajstić information content (AvgIpc) is 2.39. The van der Waals surface area contributed by atoms with Crippen molar-refractivity contribution in [3.63, 3.8) is 0 Å². The van der Waals surface area contributed by atoms with Crippen molar-refractivity contribution in [1.82, 2.24) is 5.32 Å². The van der Waals surface area contributed by atoms with E-state index in [1.54, 1.807) is 7.11 Å². The lowest BCUT2D eigenvalue weighted by molar-refractivity contribution is 0.185. The molecule has 1 aromatic carbocycles. The number of methoxy groups -OCH3 is 1. The molecular weight excluding hydrogens is 222 g/mol. The van der Waals surface area contributed by atoms with E-state index in [-0.39, 0.29) is 0 Å². The van der Waals surface area contributed by atoms with Gasteiger partial charge in [-0.2, -0.15) is 0 Å². The van der Waals surface area contributed by atoms with Crippen molar-refractivity contribution in [3.05, 3.63) is 35.4 Å². The maximum Gasteiger partial charge on any atom is 0.0713 e. The summed E-state index contributed by atoms with van der Waals surface area (Å²) < 4.78 is 5.14. The maximum atomic E-state index is 5.14. The van der Waals surface area contributed by atoms with Gasteiger partial charge in [0.2, 0.25) is 0 Å². The molecule has 1 rings (SSSR count). The van der Waals surface area contributed by atoms with Gasteiger partial charge in [0.1, 0.15) is 0 Å². The number of hydrogen-bond acceptors (Lipinski definition) is 2. The van der Waals surface area contributed by atoms with Crippen LogP contribution < -0.4 is 5.32 Å². The van der Waals surface area contributed by atoms with E-state index in [4.69, 9.17) is 4.74 Å². The predicted octanol–water partition coefficient (Wildman–Crippen LogP) is 3.89. The van der Waals surface area contributed by atoms with Crippen molar-refractivity contribution in [2.45, 2.75) is 52.2 Å². The van der Waals surface area contributed by atoms with Crippen LogP contribution in [0.3, 0.4) is 0 Å². The molecule has 0 bridgehead atoms. The fourth-order valence-corrected chi connectivity index (χ4v) is 2.08. The van der Waals surface area contributed by atoms with Crippen molar-refractivity contribution in [3.8, 4) is 0 Å². The van der Waals surface area contributed by atoms with Crippen molar-refractivity contribution in [2.24, 2.45) is 0 Å². The molecule has 0 aliphatic heterocycles. The number of unbranched alkanes of at least 4 members (excludes halogenated alkanes) is 4. The van der Waals surface area contributed by atoms with Crippen LogP contribution in [0.1, 0.15) is 50.2 Å². The summed E-state index contributed by atoms with van der Waals surface area (Å²) >= 11 is 0. The summed E-state index contributed by atoms with van der Waals surface area (Å²) in [5.41, 5.74) is 2.60. The molecule has 0 unspecified atom stereocenters. The van der Waals surface area contributed by atoms with Gasteiger partial charge in [0.25, 0.3) is 0 Å². The summed E-state index contributed by atoms with van der Waals surface area (Å²) in [5, 5.41) is 3.51. The fourth-order valence-electron chi connectivity index (χ4n) is 2.08. The van der Waals surface area contributed by atoms with E-state index in [1.807, 2.05) is 0 Å². The van der Waals surface area contributed by atoms with E-state index in [0.29, 0.717) is 6.61 Å². The highest BCUT2D eigenvalue weighted by Crippen LogP contribution is 2.06. The molecule has 0 heterocycles. The monoisotopic (exact) mass is 249 g/mol. The Bertz CT molecular complexity index is 312. The van der Waals surface area contributed by atoms with E-state index >= 15 is 0 Å². The van der Waals surface area contributed by atoms with Gasteiger partial charge in [0, 0.05) is 13.7 Å². The quantitative estimate of drug-likeness (QED) is 0.635. The highest BCUT2D eigenvalue weighted by molar-refractivity contribution is 5.22. The molecule has 0 saturated heterocycles. The molecule has 0 radical (unpaired) electrons. The SMILES string of the molecule is CCCCCCCNCc1cccc(COC)c1. The fraction of sp³-hybridized carbons (Fsp3) is 0.625. The maximum absolute atomic E-state index is 5.14. The van der Waals surface area contributed by atoms with Crippen molar-refractivity contribution >= 4 is 0 Å². The Hall–Kier alpha value is -0.860. The van der Waals surface area contributed by atoms with Crippen LogP contribution in [-0.4, -0.2) is 13.7 Å². The summed E-state index contributed by atoms with van der Waals surface area (Å²) in [7, 11) is 1.74. The number of hydrogen-bond donors (Lipinski definition) is 1. The van der Waals surface area contributed by atoms with Crippen LogP contribution in [-0.2, 0) is 17.9 Å². The Balaban J connectivity index is 2.13. The molecule has 2 heteroatoms. The molecule has 0 amide bonds. The first kappa shape index (κ1) is 15.2. The summed E-state index contributed by atoms with van der Waals surface area (Å²) in [6.07, 6.45) is 6.71. The topological polar surface area (TPSA) is 21.3 Å². The Morgan fingerprint density at radius 2 is 1.83 bits per heavy atom. The van der Waals surface area contributed by atoms with E-state index < -0.39 is 0 Å². The highest BCUT2D eigenvalue weighted by atomic mass is 16.5. The van der Waals surface area contributed by atoms with Gasteiger partial charge in [-0.15, -0.1) is 0 Å².